The van der Waals surface area contributed by atoms with Crippen molar-refractivity contribution in [1.82, 2.24) is 24.9 Å². The van der Waals surface area contributed by atoms with Crippen LogP contribution in [0, 0.1) is 12.8 Å². The molecule has 3 aliphatic rings. The van der Waals surface area contributed by atoms with Gasteiger partial charge >= 0.3 is 6.03 Å². The molecule has 1 unspecified atom stereocenters. The molecular formula is C21H30FN5O2. The number of carbonyl (C=O) groups is 2. The highest BCUT2D eigenvalue weighted by atomic mass is 19.1. The predicted molar refractivity (Wildman–Crippen MR) is 107 cm³/mol. The number of piperidine rings is 1. The Labute approximate surface area is 170 Å². The summed E-state index contributed by atoms with van der Waals surface area (Å²) in [5.41, 5.74) is 1.27. The van der Waals surface area contributed by atoms with Crippen LogP contribution in [0.25, 0.3) is 0 Å². The summed E-state index contributed by atoms with van der Waals surface area (Å²) in [4.78, 5) is 28.0. The van der Waals surface area contributed by atoms with Crippen LogP contribution >= 0.6 is 0 Å². The van der Waals surface area contributed by atoms with E-state index < -0.39 is 6.17 Å². The number of nitrogens with one attached hydrogen (secondary N) is 1. The lowest BCUT2D eigenvalue weighted by atomic mass is 9.88. The number of halogens is 1. The van der Waals surface area contributed by atoms with Gasteiger partial charge in [0.1, 0.15) is 6.17 Å². The fourth-order valence-electron chi connectivity index (χ4n) is 4.72. The first-order valence-corrected chi connectivity index (χ1v) is 10.5. The summed E-state index contributed by atoms with van der Waals surface area (Å²) in [7, 11) is 0. The normalized spacial score (nSPS) is 22.5. The van der Waals surface area contributed by atoms with Crippen LogP contribution in [0.1, 0.15) is 49.7 Å². The molecule has 29 heavy (non-hydrogen) atoms. The number of likely N-dealkylation sites (tertiary alicyclic amines) is 2. The Balaban J connectivity index is 1.25. The standard InChI is InChI=1S/C21H30FN5O2/c1-3-4-17(22)18-11-15(2)27(24-18)12-16-6-9-25(10-7-16)20(29)26-13-21(14-26)8-5-19(28)23-21/h3,11,16-17H,1,4-10,12-14H2,2H3,(H,23,28). The maximum absolute atomic E-state index is 14.1. The number of rotatable bonds is 5. The molecule has 1 aromatic heterocycles. The molecule has 1 N–H and O–H groups in total. The maximum Gasteiger partial charge on any atom is 0.320 e. The van der Waals surface area contributed by atoms with Crippen molar-refractivity contribution in [3.63, 3.8) is 0 Å². The van der Waals surface area contributed by atoms with Gasteiger partial charge in [-0.2, -0.15) is 5.10 Å². The molecule has 4 heterocycles. The second-order valence-corrected chi connectivity index (χ2v) is 8.78. The zero-order chi connectivity index (χ0) is 20.6. The van der Waals surface area contributed by atoms with Gasteiger partial charge < -0.3 is 15.1 Å². The number of aromatic nitrogens is 2. The maximum atomic E-state index is 14.1. The molecule has 0 aliphatic carbocycles. The Bertz CT molecular complexity index is 793. The molecule has 1 atom stereocenters. The van der Waals surface area contributed by atoms with E-state index in [1.54, 1.807) is 6.08 Å². The van der Waals surface area contributed by atoms with E-state index in [0.717, 1.165) is 44.6 Å². The first-order chi connectivity index (χ1) is 13.9. The van der Waals surface area contributed by atoms with Gasteiger partial charge in [-0.1, -0.05) is 6.08 Å². The number of hydrogen-bond acceptors (Lipinski definition) is 3. The van der Waals surface area contributed by atoms with E-state index in [9.17, 15) is 14.0 Å². The van der Waals surface area contributed by atoms with Gasteiger partial charge in [-0.3, -0.25) is 9.48 Å². The average molecular weight is 404 g/mol. The van der Waals surface area contributed by atoms with E-state index in [1.165, 1.54) is 0 Å². The Kier molecular flexibility index (Phi) is 5.36. The number of urea groups is 1. The fraction of sp³-hybridized carbons (Fsp3) is 0.667. The summed E-state index contributed by atoms with van der Waals surface area (Å²) in [6, 6.07) is 1.89. The van der Waals surface area contributed by atoms with Crippen molar-refractivity contribution in [2.45, 2.75) is 57.3 Å². The van der Waals surface area contributed by atoms with Crippen molar-refractivity contribution in [1.29, 1.82) is 0 Å². The minimum absolute atomic E-state index is 0.0810. The van der Waals surface area contributed by atoms with E-state index in [0.29, 0.717) is 31.1 Å². The summed E-state index contributed by atoms with van der Waals surface area (Å²) in [6.45, 7) is 9.02. The Morgan fingerprint density at radius 1 is 1.41 bits per heavy atom. The summed E-state index contributed by atoms with van der Waals surface area (Å²) in [6.07, 6.45) is 3.99. The second-order valence-electron chi connectivity index (χ2n) is 8.78. The fourth-order valence-corrected chi connectivity index (χ4v) is 4.72. The van der Waals surface area contributed by atoms with Crippen molar-refractivity contribution >= 4 is 11.9 Å². The van der Waals surface area contributed by atoms with Crippen LogP contribution in [0.5, 0.6) is 0 Å². The molecule has 0 radical (unpaired) electrons. The minimum Gasteiger partial charge on any atom is -0.347 e. The first-order valence-electron chi connectivity index (χ1n) is 10.5. The lowest BCUT2D eigenvalue weighted by molar-refractivity contribution is -0.120. The van der Waals surface area contributed by atoms with Gasteiger partial charge in [0.15, 0.2) is 0 Å². The Hall–Kier alpha value is -2.38. The third kappa shape index (κ3) is 4.02. The van der Waals surface area contributed by atoms with Gasteiger partial charge in [-0.15, -0.1) is 6.58 Å². The number of alkyl halides is 1. The molecule has 3 amide bonds. The zero-order valence-corrected chi connectivity index (χ0v) is 17.1. The molecule has 4 rings (SSSR count). The zero-order valence-electron chi connectivity index (χ0n) is 17.1. The van der Waals surface area contributed by atoms with Crippen LogP contribution in [-0.2, 0) is 11.3 Å². The molecule has 1 spiro atoms. The van der Waals surface area contributed by atoms with Crippen molar-refractivity contribution in [2.75, 3.05) is 26.2 Å². The monoisotopic (exact) mass is 403 g/mol. The molecule has 3 saturated heterocycles. The van der Waals surface area contributed by atoms with Crippen LogP contribution < -0.4 is 5.32 Å². The van der Waals surface area contributed by atoms with Gasteiger partial charge in [0.05, 0.1) is 11.2 Å². The van der Waals surface area contributed by atoms with Crippen LogP contribution in [-0.4, -0.2) is 63.2 Å². The molecule has 0 bridgehead atoms. The lowest BCUT2D eigenvalue weighted by Crippen LogP contribution is -2.70. The molecule has 1 aromatic rings. The van der Waals surface area contributed by atoms with E-state index in [-0.39, 0.29) is 23.9 Å². The molecule has 7 nitrogen and oxygen atoms in total. The number of aryl methyl sites for hydroxylation is 1. The van der Waals surface area contributed by atoms with Crippen LogP contribution in [0.2, 0.25) is 0 Å². The first kappa shape index (κ1) is 19.9. The SMILES string of the molecule is C=CCC(F)c1cc(C)n(CC2CCN(C(=O)N3CC4(CCC(=O)N4)C3)CC2)n1. The summed E-state index contributed by atoms with van der Waals surface area (Å²) in [5.74, 6) is 0.526. The molecule has 158 valence electrons. The Morgan fingerprint density at radius 2 is 2.14 bits per heavy atom. The molecule has 3 fully saturated rings. The van der Waals surface area contributed by atoms with E-state index in [4.69, 9.17) is 0 Å². The van der Waals surface area contributed by atoms with Crippen LogP contribution in [0.4, 0.5) is 9.18 Å². The quantitative estimate of drug-likeness (QED) is 0.769. The van der Waals surface area contributed by atoms with Crippen molar-refractivity contribution in [3.8, 4) is 0 Å². The highest BCUT2D eigenvalue weighted by Gasteiger charge is 2.50. The minimum atomic E-state index is -1.10. The summed E-state index contributed by atoms with van der Waals surface area (Å²) in [5, 5.41) is 7.46. The van der Waals surface area contributed by atoms with Crippen LogP contribution in [0.3, 0.4) is 0 Å². The van der Waals surface area contributed by atoms with Crippen molar-refractivity contribution < 1.29 is 14.0 Å². The van der Waals surface area contributed by atoms with E-state index in [2.05, 4.69) is 17.0 Å². The number of nitrogens with zero attached hydrogens (tertiary/aromatic N) is 4. The van der Waals surface area contributed by atoms with Gasteiger partial charge in [-0.25, -0.2) is 9.18 Å². The topological polar surface area (TPSA) is 70.5 Å². The molecule has 0 aromatic carbocycles. The summed E-state index contributed by atoms with van der Waals surface area (Å²) < 4.78 is 16.0. The molecule has 3 aliphatic heterocycles. The highest BCUT2D eigenvalue weighted by Crippen LogP contribution is 2.32. The molecule has 0 saturated carbocycles. The molecule has 8 heteroatoms. The van der Waals surface area contributed by atoms with Crippen molar-refractivity contribution in [2.24, 2.45) is 5.92 Å². The van der Waals surface area contributed by atoms with Crippen molar-refractivity contribution in [3.05, 3.63) is 30.1 Å². The number of allylic oxidation sites excluding steroid dienone is 1. The smallest absolute Gasteiger partial charge is 0.320 e. The lowest BCUT2D eigenvalue weighted by Gasteiger charge is -2.49. The van der Waals surface area contributed by atoms with Gasteiger partial charge in [-0.05, 0) is 38.2 Å². The summed E-state index contributed by atoms with van der Waals surface area (Å²) >= 11 is 0. The van der Waals surface area contributed by atoms with Crippen LogP contribution in [0.15, 0.2) is 18.7 Å². The largest absolute Gasteiger partial charge is 0.347 e. The Morgan fingerprint density at radius 3 is 2.76 bits per heavy atom. The highest BCUT2D eigenvalue weighted by molar-refractivity contribution is 5.82. The third-order valence-electron chi connectivity index (χ3n) is 6.50. The number of amides is 3. The number of carbonyl (C=O) groups excluding carboxylic acids is 2. The predicted octanol–water partition coefficient (Wildman–Crippen LogP) is 2.57. The van der Waals surface area contributed by atoms with Gasteiger partial charge in [0.2, 0.25) is 5.91 Å². The van der Waals surface area contributed by atoms with E-state index in [1.807, 2.05) is 27.5 Å². The average Bonchev–Trinajstić information content (AvgIpc) is 3.24. The molecular weight excluding hydrogens is 373 g/mol. The van der Waals surface area contributed by atoms with Gasteiger partial charge in [0.25, 0.3) is 0 Å². The number of hydrogen-bond donors (Lipinski definition) is 1. The third-order valence-corrected chi connectivity index (χ3v) is 6.50. The van der Waals surface area contributed by atoms with E-state index >= 15 is 0 Å². The second kappa shape index (κ2) is 7.80. The van der Waals surface area contributed by atoms with Gasteiger partial charge in [0, 0.05) is 51.3 Å².